The van der Waals surface area contributed by atoms with Crippen LogP contribution in [0.3, 0.4) is 0 Å². The largest absolute Gasteiger partial charge is 0.503 e. The minimum atomic E-state index is -0.821. The molecule has 1 aromatic carbocycles. The quantitative estimate of drug-likeness (QED) is 0.627. The highest BCUT2D eigenvalue weighted by Crippen LogP contribution is 2.26. The summed E-state index contributed by atoms with van der Waals surface area (Å²) in [5.74, 6) is -1.20. The second-order valence-corrected chi connectivity index (χ2v) is 2.99. The molecule has 0 radical (unpaired) electrons. The lowest BCUT2D eigenvalue weighted by Gasteiger charge is -2.01. The Hall–Kier alpha value is -1.64. The second-order valence-electron chi connectivity index (χ2n) is 2.99. The summed E-state index contributed by atoms with van der Waals surface area (Å²) in [5, 5.41) is 10.6. The minimum Gasteiger partial charge on any atom is -0.503 e. The molecule has 0 aliphatic carbocycles. The van der Waals surface area contributed by atoms with Gasteiger partial charge in [-0.25, -0.2) is 4.98 Å². The monoisotopic (exact) mass is 177 g/mol. The highest BCUT2D eigenvalue weighted by atomic mass is 19.1. The standard InChI is InChI=1S/C10H8FNO/c1-6-2-3-7-5-12-10(11)9(13)8(7)4-6/h2-5,13H,1H3. The Balaban J connectivity index is 2.89. The topological polar surface area (TPSA) is 33.1 Å². The summed E-state index contributed by atoms with van der Waals surface area (Å²) in [5.41, 5.74) is 0.980. The van der Waals surface area contributed by atoms with Crippen molar-refractivity contribution in [2.45, 2.75) is 6.92 Å². The van der Waals surface area contributed by atoms with E-state index in [1.165, 1.54) is 6.20 Å². The van der Waals surface area contributed by atoms with Crippen molar-refractivity contribution in [2.24, 2.45) is 0 Å². The van der Waals surface area contributed by atoms with Gasteiger partial charge in [0.25, 0.3) is 5.95 Å². The van der Waals surface area contributed by atoms with Gasteiger partial charge in [0, 0.05) is 17.0 Å². The smallest absolute Gasteiger partial charge is 0.255 e. The maximum Gasteiger partial charge on any atom is 0.255 e. The molecule has 0 saturated heterocycles. The summed E-state index contributed by atoms with van der Waals surface area (Å²) >= 11 is 0. The zero-order valence-electron chi connectivity index (χ0n) is 7.08. The maximum absolute atomic E-state index is 12.8. The molecule has 3 heteroatoms. The molecular formula is C10H8FNO. The van der Waals surface area contributed by atoms with Gasteiger partial charge in [-0.15, -0.1) is 0 Å². The number of pyridine rings is 1. The first-order chi connectivity index (χ1) is 6.18. The van der Waals surface area contributed by atoms with Crippen LogP contribution in [0.4, 0.5) is 4.39 Å². The van der Waals surface area contributed by atoms with Gasteiger partial charge < -0.3 is 5.11 Å². The van der Waals surface area contributed by atoms with Crippen LogP contribution in [0, 0.1) is 12.9 Å². The van der Waals surface area contributed by atoms with Crippen LogP contribution in [0.15, 0.2) is 24.4 Å². The first-order valence-electron chi connectivity index (χ1n) is 3.92. The van der Waals surface area contributed by atoms with Gasteiger partial charge in [-0.2, -0.15) is 4.39 Å². The Bertz CT molecular complexity index is 462. The normalized spacial score (nSPS) is 10.6. The van der Waals surface area contributed by atoms with Crippen molar-refractivity contribution in [3.63, 3.8) is 0 Å². The van der Waals surface area contributed by atoms with Crippen LogP contribution in [0.5, 0.6) is 5.75 Å². The molecule has 2 rings (SSSR count). The molecular weight excluding hydrogens is 169 g/mol. The van der Waals surface area contributed by atoms with E-state index < -0.39 is 5.95 Å². The van der Waals surface area contributed by atoms with Crippen LogP contribution in [-0.2, 0) is 0 Å². The third-order valence-electron chi connectivity index (χ3n) is 1.98. The van der Waals surface area contributed by atoms with Crippen LogP contribution in [0.1, 0.15) is 5.56 Å². The lowest BCUT2D eigenvalue weighted by molar-refractivity contribution is 0.425. The number of nitrogens with zero attached hydrogens (tertiary/aromatic N) is 1. The molecule has 2 nitrogen and oxygen atoms in total. The van der Waals surface area contributed by atoms with E-state index in [2.05, 4.69) is 4.98 Å². The number of rotatable bonds is 0. The summed E-state index contributed by atoms with van der Waals surface area (Å²) in [7, 11) is 0. The van der Waals surface area contributed by atoms with Crippen molar-refractivity contribution in [3.05, 3.63) is 35.9 Å². The maximum atomic E-state index is 12.8. The van der Waals surface area contributed by atoms with Crippen LogP contribution in [-0.4, -0.2) is 10.1 Å². The minimum absolute atomic E-state index is 0.374. The third kappa shape index (κ3) is 1.22. The van der Waals surface area contributed by atoms with Gasteiger partial charge in [0.1, 0.15) is 0 Å². The van der Waals surface area contributed by atoms with E-state index >= 15 is 0 Å². The average molecular weight is 177 g/mol. The van der Waals surface area contributed by atoms with Crippen molar-refractivity contribution < 1.29 is 9.50 Å². The number of hydrogen-bond donors (Lipinski definition) is 1. The lowest BCUT2D eigenvalue weighted by Crippen LogP contribution is -1.85. The number of aromatic nitrogens is 1. The van der Waals surface area contributed by atoms with Crippen molar-refractivity contribution in [3.8, 4) is 5.75 Å². The molecule has 0 aliphatic rings. The van der Waals surface area contributed by atoms with Crippen LogP contribution in [0.25, 0.3) is 10.8 Å². The molecule has 66 valence electrons. The van der Waals surface area contributed by atoms with Gasteiger partial charge in [-0.3, -0.25) is 0 Å². The number of hydrogen-bond acceptors (Lipinski definition) is 2. The van der Waals surface area contributed by atoms with E-state index in [-0.39, 0.29) is 5.75 Å². The molecule has 1 heterocycles. The fraction of sp³-hybridized carbons (Fsp3) is 0.100. The molecule has 13 heavy (non-hydrogen) atoms. The van der Waals surface area contributed by atoms with E-state index in [9.17, 15) is 9.50 Å². The van der Waals surface area contributed by atoms with Crippen LogP contribution < -0.4 is 0 Å². The zero-order valence-corrected chi connectivity index (χ0v) is 7.08. The Labute approximate surface area is 74.7 Å². The lowest BCUT2D eigenvalue weighted by atomic mass is 10.1. The van der Waals surface area contributed by atoms with Gasteiger partial charge in [0.15, 0.2) is 5.75 Å². The number of halogens is 1. The summed E-state index contributed by atoms with van der Waals surface area (Å²) < 4.78 is 12.8. The molecule has 1 N–H and O–H groups in total. The van der Waals surface area contributed by atoms with E-state index in [0.29, 0.717) is 5.39 Å². The molecule has 0 aliphatic heterocycles. The molecule has 0 spiro atoms. The molecule has 2 aromatic rings. The summed E-state index contributed by atoms with van der Waals surface area (Å²) in [6, 6.07) is 5.42. The SMILES string of the molecule is Cc1ccc2cnc(F)c(O)c2c1. The number of benzene rings is 1. The van der Waals surface area contributed by atoms with Gasteiger partial charge in [-0.05, 0) is 13.0 Å². The molecule has 0 unspecified atom stereocenters. The summed E-state index contributed by atoms with van der Waals surface area (Å²) in [6.45, 7) is 1.89. The van der Waals surface area contributed by atoms with Gasteiger partial charge >= 0.3 is 0 Å². The van der Waals surface area contributed by atoms with Crippen LogP contribution in [0.2, 0.25) is 0 Å². The van der Waals surface area contributed by atoms with E-state index in [4.69, 9.17) is 0 Å². The fourth-order valence-corrected chi connectivity index (χ4v) is 1.29. The van der Waals surface area contributed by atoms with Crippen molar-refractivity contribution in [1.29, 1.82) is 0 Å². The number of aromatic hydroxyl groups is 1. The predicted octanol–water partition coefficient (Wildman–Crippen LogP) is 2.39. The molecule has 0 atom stereocenters. The summed E-state index contributed by atoms with van der Waals surface area (Å²) in [6.07, 6.45) is 1.41. The Morgan fingerprint density at radius 1 is 1.38 bits per heavy atom. The predicted molar refractivity (Wildman–Crippen MR) is 48.1 cm³/mol. The van der Waals surface area contributed by atoms with Crippen molar-refractivity contribution in [1.82, 2.24) is 4.98 Å². The van der Waals surface area contributed by atoms with E-state index in [1.807, 2.05) is 13.0 Å². The third-order valence-corrected chi connectivity index (χ3v) is 1.98. The Morgan fingerprint density at radius 3 is 2.92 bits per heavy atom. The first-order valence-corrected chi connectivity index (χ1v) is 3.92. The average Bonchev–Trinajstić information content (AvgIpc) is 2.12. The second kappa shape index (κ2) is 2.69. The first kappa shape index (κ1) is 7.98. The Kier molecular flexibility index (Phi) is 1.65. The van der Waals surface area contributed by atoms with Gasteiger partial charge in [0.05, 0.1) is 0 Å². The highest BCUT2D eigenvalue weighted by molar-refractivity contribution is 5.87. The van der Waals surface area contributed by atoms with Crippen molar-refractivity contribution in [2.75, 3.05) is 0 Å². The number of fused-ring (bicyclic) bond motifs is 1. The summed E-state index contributed by atoms with van der Waals surface area (Å²) in [4.78, 5) is 3.42. The molecule has 0 fully saturated rings. The van der Waals surface area contributed by atoms with Gasteiger partial charge in [-0.1, -0.05) is 17.7 Å². The zero-order chi connectivity index (χ0) is 9.42. The van der Waals surface area contributed by atoms with Gasteiger partial charge in [0.2, 0.25) is 0 Å². The highest BCUT2D eigenvalue weighted by Gasteiger charge is 2.06. The van der Waals surface area contributed by atoms with Crippen LogP contribution >= 0.6 is 0 Å². The fourth-order valence-electron chi connectivity index (χ4n) is 1.29. The number of aryl methyl sites for hydroxylation is 1. The molecule has 0 bridgehead atoms. The Morgan fingerprint density at radius 2 is 2.15 bits per heavy atom. The molecule has 0 saturated carbocycles. The molecule has 0 amide bonds. The molecule has 1 aromatic heterocycles. The van der Waals surface area contributed by atoms with Crippen molar-refractivity contribution >= 4 is 10.8 Å². The van der Waals surface area contributed by atoms with E-state index in [0.717, 1.165) is 10.9 Å². The van der Waals surface area contributed by atoms with E-state index in [1.54, 1.807) is 12.1 Å².